The van der Waals surface area contributed by atoms with Gasteiger partial charge in [0.15, 0.2) is 0 Å². The summed E-state index contributed by atoms with van der Waals surface area (Å²) in [6.45, 7) is 6.08. The fourth-order valence-corrected chi connectivity index (χ4v) is 3.48. The highest BCUT2D eigenvalue weighted by Crippen LogP contribution is 2.18. The second kappa shape index (κ2) is 8.25. The van der Waals surface area contributed by atoms with Gasteiger partial charge in [-0.3, -0.25) is 14.4 Å². The Balaban J connectivity index is 1.50. The molecule has 0 N–H and O–H groups in total. The van der Waals surface area contributed by atoms with E-state index >= 15 is 0 Å². The van der Waals surface area contributed by atoms with Crippen LogP contribution in [0.5, 0.6) is 0 Å². The summed E-state index contributed by atoms with van der Waals surface area (Å²) in [7, 11) is 1.89. The number of nitrogens with zero attached hydrogens (tertiary/aromatic N) is 5. The zero-order chi connectivity index (χ0) is 17.6. The third-order valence-electron chi connectivity index (χ3n) is 4.97. The zero-order valence-corrected chi connectivity index (χ0v) is 15.1. The predicted octanol–water partition coefficient (Wildman–Crippen LogP) is 1.96. The summed E-state index contributed by atoms with van der Waals surface area (Å²) in [5.74, 6) is 0.717. The van der Waals surface area contributed by atoms with Gasteiger partial charge in [0.2, 0.25) is 5.91 Å². The number of benzene rings is 1. The number of likely N-dealkylation sites (tertiary alicyclic amines) is 1. The molecule has 0 bridgehead atoms. The van der Waals surface area contributed by atoms with Crippen molar-refractivity contribution in [2.24, 2.45) is 5.92 Å². The predicted molar refractivity (Wildman–Crippen MR) is 96.8 cm³/mol. The third-order valence-corrected chi connectivity index (χ3v) is 4.97. The smallest absolute Gasteiger partial charge is 0.236 e. The molecule has 0 unspecified atom stereocenters. The molecule has 1 saturated heterocycles. The fourth-order valence-electron chi connectivity index (χ4n) is 3.48. The number of carbonyl (C=O) groups excluding carboxylic acids is 1. The normalized spacial score (nSPS) is 18.2. The van der Waals surface area contributed by atoms with Gasteiger partial charge in [0.25, 0.3) is 0 Å². The molecule has 0 radical (unpaired) electrons. The van der Waals surface area contributed by atoms with Gasteiger partial charge < -0.3 is 4.90 Å². The standard InChI is InChI=1S/C19H27N5O/c1-16-6-3-4-8-18(16)12-22(2)19(25)13-23-9-5-7-17(10-23)11-24-15-20-14-21-24/h3-4,6,8,14-15,17H,5,7,9-13H2,1-2H3/t17-/m1/s1. The Morgan fingerprint density at radius 3 is 2.96 bits per heavy atom. The number of carbonyl (C=O) groups is 1. The summed E-state index contributed by atoms with van der Waals surface area (Å²) >= 11 is 0. The summed E-state index contributed by atoms with van der Waals surface area (Å²) in [5, 5.41) is 4.19. The van der Waals surface area contributed by atoms with Crippen LogP contribution in [0.1, 0.15) is 24.0 Å². The summed E-state index contributed by atoms with van der Waals surface area (Å²) in [6, 6.07) is 8.24. The van der Waals surface area contributed by atoms with Crippen molar-refractivity contribution >= 4 is 5.91 Å². The minimum atomic E-state index is 0.185. The van der Waals surface area contributed by atoms with Crippen LogP contribution >= 0.6 is 0 Å². The molecule has 1 fully saturated rings. The zero-order valence-electron chi connectivity index (χ0n) is 15.1. The molecule has 1 aromatic heterocycles. The van der Waals surface area contributed by atoms with Crippen LogP contribution < -0.4 is 0 Å². The first-order valence-electron chi connectivity index (χ1n) is 8.95. The minimum absolute atomic E-state index is 0.185. The molecule has 2 aromatic rings. The monoisotopic (exact) mass is 341 g/mol. The Morgan fingerprint density at radius 1 is 1.36 bits per heavy atom. The first kappa shape index (κ1) is 17.6. The number of aryl methyl sites for hydroxylation is 1. The number of likely N-dealkylation sites (N-methyl/N-ethyl adjacent to an activating group) is 1. The van der Waals surface area contributed by atoms with E-state index in [9.17, 15) is 4.79 Å². The molecule has 2 heterocycles. The first-order valence-corrected chi connectivity index (χ1v) is 8.95. The maximum Gasteiger partial charge on any atom is 0.236 e. The molecule has 1 aromatic carbocycles. The second-order valence-electron chi connectivity index (χ2n) is 7.04. The van der Waals surface area contributed by atoms with E-state index in [4.69, 9.17) is 0 Å². The summed E-state index contributed by atoms with van der Waals surface area (Å²) < 4.78 is 1.89. The highest BCUT2D eigenvalue weighted by atomic mass is 16.2. The SMILES string of the molecule is Cc1ccccc1CN(C)C(=O)CN1CCC[C@@H](Cn2cncn2)C1. The van der Waals surface area contributed by atoms with E-state index in [1.54, 1.807) is 12.7 Å². The van der Waals surface area contributed by atoms with Gasteiger partial charge in [-0.05, 0) is 43.4 Å². The van der Waals surface area contributed by atoms with Crippen LogP contribution in [0.25, 0.3) is 0 Å². The van der Waals surface area contributed by atoms with Crippen LogP contribution in [0, 0.1) is 12.8 Å². The molecule has 6 nitrogen and oxygen atoms in total. The maximum absolute atomic E-state index is 12.6. The number of aromatic nitrogens is 3. The maximum atomic E-state index is 12.6. The minimum Gasteiger partial charge on any atom is -0.340 e. The van der Waals surface area contributed by atoms with Crippen molar-refractivity contribution in [1.29, 1.82) is 0 Å². The van der Waals surface area contributed by atoms with Crippen molar-refractivity contribution < 1.29 is 4.79 Å². The van der Waals surface area contributed by atoms with Crippen molar-refractivity contribution in [3.8, 4) is 0 Å². The van der Waals surface area contributed by atoms with E-state index < -0.39 is 0 Å². The van der Waals surface area contributed by atoms with Crippen LogP contribution in [-0.4, -0.2) is 57.2 Å². The molecule has 1 aliphatic heterocycles. The quantitative estimate of drug-likeness (QED) is 0.806. The number of hydrogen-bond donors (Lipinski definition) is 0. The van der Waals surface area contributed by atoms with Crippen molar-refractivity contribution in [2.75, 3.05) is 26.7 Å². The highest BCUT2D eigenvalue weighted by molar-refractivity contribution is 5.78. The number of rotatable bonds is 6. The lowest BCUT2D eigenvalue weighted by Crippen LogP contribution is -2.43. The number of hydrogen-bond acceptors (Lipinski definition) is 4. The van der Waals surface area contributed by atoms with E-state index in [1.165, 1.54) is 17.5 Å². The Hall–Kier alpha value is -2.21. The Labute approximate surface area is 149 Å². The molecular formula is C19H27N5O. The van der Waals surface area contributed by atoms with Gasteiger partial charge >= 0.3 is 0 Å². The van der Waals surface area contributed by atoms with Crippen LogP contribution in [-0.2, 0) is 17.9 Å². The van der Waals surface area contributed by atoms with E-state index in [0.29, 0.717) is 19.0 Å². The van der Waals surface area contributed by atoms with Crippen molar-refractivity contribution in [3.05, 3.63) is 48.0 Å². The van der Waals surface area contributed by atoms with Crippen molar-refractivity contribution in [2.45, 2.75) is 32.9 Å². The molecular weight excluding hydrogens is 314 g/mol. The molecule has 3 rings (SSSR count). The molecule has 1 amide bonds. The Bertz CT molecular complexity index is 685. The van der Waals surface area contributed by atoms with E-state index in [-0.39, 0.29) is 5.91 Å². The van der Waals surface area contributed by atoms with Gasteiger partial charge in [0, 0.05) is 26.7 Å². The summed E-state index contributed by atoms with van der Waals surface area (Å²) in [4.78, 5) is 20.7. The summed E-state index contributed by atoms with van der Waals surface area (Å²) in [6.07, 6.45) is 5.66. The molecule has 0 saturated carbocycles. The lowest BCUT2D eigenvalue weighted by Gasteiger charge is -2.33. The van der Waals surface area contributed by atoms with Gasteiger partial charge in [0.05, 0.1) is 6.54 Å². The highest BCUT2D eigenvalue weighted by Gasteiger charge is 2.23. The molecule has 25 heavy (non-hydrogen) atoms. The van der Waals surface area contributed by atoms with Crippen LogP contribution in [0.15, 0.2) is 36.9 Å². The van der Waals surface area contributed by atoms with Crippen molar-refractivity contribution in [1.82, 2.24) is 24.6 Å². The Morgan fingerprint density at radius 2 is 2.20 bits per heavy atom. The lowest BCUT2D eigenvalue weighted by atomic mass is 9.98. The topological polar surface area (TPSA) is 54.3 Å². The molecule has 134 valence electrons. The molecule has 0 spiro atoms. The average molecular weight is 341 g/mol. The van der Waals surface area contributed by atoms with Gasteiger partial charge in [0.1, 0.15) is 12.7 Å². The second-order valence-corrected chi connectivity index (χ2v) is 7.04. The van der Waals surface area contributed by atoms with Crippen LogP contribution in [0.4, 0.5) is 0 Å². The Kier molecular flexibility index (Phi) is 5.81. The van der Waals surface area contributed by atoms with Gasteiger partial charge in [-0.1, -0.05) is 24.3 Å². The molecule has 6 heteroatoms. The van der Waals surface area contributed by atoms with Gasteiger partial charge in [-0.25, -0.2) is 4.98 Å². The van der Waals surface area contributed by atoms with Crippen molar-refractivity contribution in [3.63, 3.8) is 0 Å². The number of piperidine rings is 1. The molecule has 0 aliphatic carbocycles. The average Bonchev–Trinajstić information content (AvgIpc) is 3.10. The van der Waals surface area contributed by atoms with E-state index in [0.717, 1.165) is 26.1 Å². The van der Waals surface area contributed by atoms with Crippen LogP contribution in [0.2, 0.25) is 0 Å². The first-order chi connectivity index (χ1) is 12.1. The molecule has 1 atom stereocenters. The van der Waals surface area contributed by atoms with E-state index in [1.807, 2.05) is 28.8 Å². The van der Waals surface area contributed by atoms with Gasteiger partial charge in [-0.15, -0.1) is 0 Å². The van der Waals surface area contributed by atoms with Gasteiger partial charge in [-0.2, -0.15) is 5.10 Å². The lowest BCUT2D eigenvalue weighted by molar-refractivity contribution is -0.132. The largest absolute Gasteiger partial charge is 0.340 e. The fraction of sp³-hybridized carbons (Fsp3) is 0.526. The molecule has 1 aliphatic rings. The van der Waals surface area contributed by atoms with E-state index in [2.05, 4.69) is 34.0 Å². The number of amides is 1. The third kappa shape index (κ3) is 4.89. The summed E-state index contributed by atoms with van der Waals surface area (Å²) in [5.41, 5.74) is 2.44. The van der Waals surface area contributed by atoms with Crippen LogP contribution in [0.3, 0.4) is 0 Å².